The number of H-pyrrole nitrogens is 1. The molecule has 2 aliphatic carbocycles. The SMILES string of the molecule is COc1ccc(C2CCCCC2)c2c1cc1n2C=c2c(C(=O)O)c[nH]c2=C2CCCC(CCN(C)Cc3ccccc3)[C@@H]21. The fourth-order valence-electron chi connectivity index (χ4n) is 8.33. The van der Waals surface area contributed by atoms with Crippen LogP contribution in [0.4, 0.5) is 0 Å². The average molecular weight is 578 g/mol. The lowest BCUT2D eigenvalue weighted by molar-refractivity contribution is 0.0696. The summed E-state index contributed by atoms with van der Waals surface area (Å²) in [7, 11) is 3.99. The van der Waals surface area contributed by atoms with Crippen molar-refractivity contribution in [1.82, 2.24) is 14.5 Å². The number of fused-ring (bicyclic) bond motifs is 6. The minimum atomic E-state index is -0.884. The predicted octanol–water partition coefficient (Wildman–Crippen LogP) is 6.58. The van der Waals surface area contributed by atoms with Crippen LogP contribution in [0.1, 0.15) is 96.8 Å². The Morgan fingerprint density at radius 1 is 1.07 bits per heavy atom. The Hall–Kier alpha value is -3.77. The van der Waals surface area contributed by atoms with Crippen molar-refractivity contribution in [2.24, 2.45) is 5.92 Å². The second kappa shape index (κ2) is 11.7. The van der Waals surface area contributed by atoms with Crippen LogP contribution in [0.15, 0.2) is 54.7 Å². The van der Waals surface area contributed by atoms with Crippen LogP contribution in [0.2, 0.25) is 0 Å². The van der Waals surface area contributed by atoms with E-state index in [1.165, 1.54) is 66.4 Å². The van der Waals surface area contributed by atoms with Crippen LogP contribution >= 0.6 is 0 Å². The number of benzene rings is 2. The van der Waals surface area contributed by atoms with Gasteiger partial charge in [-0.1, -0.05) is 55.7 Å². The molecule has 6 nitrogen and oxygen atoms in total. The first kappa shape index (κ1) is 28.0. The number of rotatable bonds is 8. The fraction of sp³-hybridized carbons (Fsp3) is 0.432. The normalized spacial score (nSPS) is 20.3. The van der Waals surface area contributed by atoms with Gasteiger partial charge in [0.2, 0.25) is 0 Å². The van der Waals surface area contributed by atoms with Crippen molar-refractivity contribution >= 4 is 28.6 Å². The van der Waals surface area contributed by atoms with E-state index in [4.69, 9.17) is 4.74 Å². The number of aromatic amines is 1. The summed E-state index contributed by atoms with van der Waals surface area (Å²) in [6.07, 6.45) is 14.4. The summed E-state index contributed by atoms with van der Waals surface area (Å²) in [5, 5.41) is 13.2. The van der Waals surface area contributed by atoms with E-state index in [1.807, 2.05) is 0 Å². The van der Waals surface area contributed by atoms with Crippen LogP contribution in [-0.2, 0) is 6.54 Å². The van der Waals surface area contributed by atoms with Gasteiger partial charge in [0.05, 0.1) is 18.2 Å². The zero-order valence-corrected chi connectivity index (χ0v) is 25.4. The van der Waals surface area contributed by atoms with Crippen LogP contribution in [0, 0.1) is 5.92 Å². The molecule has 2 saturated carbocycles. The van der Waals surface area contributed by atoms with E-state index in [1.54, 1.807) is 13.3 Å². The van der Waals surface area contributed by atoms with Gasteiger partial charge >= 0.3 is 5.97 Å². The minimum absolute atomic E-state index is 0.216. The van der Waals surface area contributed by atoms with E-state index < -0.39 is 5.97 Å². The molecule has 7 rings (SSSR count). The first-order chi connectivity index (χ1) is 21.0. The molecule has 2 atom stereocenters. The van der Waals surface area contributed by atoms with E-state index in [2.05, 4.69) is 76.2 Å². The van der Waals surface area contributed by atoms with Crippen molar-refractivity contribution < 1.29 is 14.6 Å². The number of carbonyl (C=O) groups is 1. The molecular weight excluding hydrogens is 534 g/mol. The van der Waals surface area contributed by atoms with E-state index in [-0.39, 0.29) is 5.92 Å². The third-order valence-corrected chi connectivity index (χ3v) is 10.4. The molecule has 224 valence electrons. The van der Waals surface area contributed by atoms with Gasteiger partial charge in [-0.15, -0.1) is 0 Å². The molecule has 3 heterocycles. The molecular formula is C37H43N3O3. The van der Waals surface area contributed by atoms with Gasteiger partial charge in [-0.2, -0.15) is 0 Å². The molecule has 4 aromatic rings. The number of carboxylic acids is 1. The summed E-state index contributed by atoms with van der Waals surface area (Å²) in [6, 6.07) is 17.5. The maximum absolute atomic E-state index is 12.4. The van der Waals surface area contributed by atoms with Gasteiger partial charge < -0.3 is 24.3 Å². The Bertz CT molecular complexity index is 1760. The third-order valence-electron chi connectivity index (χ3n) is 10.4. The van der Waals surface area contributed by atoms with Gasteiger partial charge in [0, 0.05) is 46.5 Å². The Morgan fingerprint density at radius 3 is 2.65 bits per heavy atom. The highest BCUT2D eigenvalue weighted by atomic mass is 16.5. The minimum Gasteiger partial charge on any atom is -0.496 e. The number of aromatic carboxylic acids is 1. The maximum atomic E-state index is 12.4. The lowest BCUT2D eigenvalue weighted by Crippen LogP contribution is -2.33. The standard InChI is InChI=1S/C37H43N3O3/c1-39(22-24-10-5-3-6-11-24)19-18-26-14-9-15-28-34(26)32-20-29-33(43-2)17-16-27(25-12-7-4-8-13-25)36(29)40(32)23-31-30(37(41)42)21-38-35(28)31/h3,5-6,10-11,16-17,20-21,23,25-26,34,38H,4,7-9,12-15,18-19,22H2,1-2H3,(H,41,42)/t26?,34-/m0/s1. The van der Waals surface area contributed by atoms with E-state index in [0.717, 1.165) is 54.1 Å². The molecule has 0 radical (unpaired) electrons. The molecule has 0 amide bonds. The number of ether oxygens (including phenoxy) is 1. The molecule has 0 bridgehead atoms. The molecule has 6 heteroatoms. The zero-order valence-electron chi connectivity index (χ0n) is 25.4. The van der Waals surface area contributed by atoms with Crippen LogP contribution < -0.4 is 15.3 Å². The van der Waals surface area contributed by atoms with Crippen molar-refractivity contribution in [3.63, 3.8) is 0 Å². The predicted molar refractivity (Wildman–Crippen MR) is 172 cm³/mol. The van der Waals surface area contributed by atoms with Crippen LogP contribution in [0.3, 0.4) is 0 Å². The molecule has 43 heavy (non-hydrogen) atoms. The second-order valence-electron chi connectivity index (χ2n) is 13.0. The molecule has 1 aliphatic heterocycles. The second-order valence-corrected chi connectivity index (χ2v) is 13.0. The average Bonchev–Trinajstić information content (AvgIpc) is 3.59. The van der Waals surface area contributed by atoms with Gasteiger partial charge in [0.1, 0.15) is 5.75 Å². The molecule has 1 unspecified atom stereocenters. The first-order valence-electron chi connectivity index (χ1n) is 16.1. The third kappa shape index (κ3) is 5.10. The highest BCUT2D eigenvalue weighted by Crippen LogP contribution is 2.48. The number of aromatic nitrogens is 2. The van der Waals surface area contributed by atoms with Gasteiger partial charge in [0.15, 0.2) is 0 Å². The van der Waals surface area contributed by atoms with E-state index in [0.29, 0.717) is 17.4 Å². The quantitative estimate of drug-likeness (QED) is 0.248. The molecule has 2 N–H and O–H groups in total. The Morgan fingerprint density at radius 2 is 1.88 bits per heavy atom. The summed E-state index contributed by atoms with van der Waals surface area (Å²) in [5.74, 6) is 1.20. The number of carboxylic acid groups (broad SMARTS) is 1. The lowest BCUT2D eigenvalue weighted by atomic mass is 9.72. The molecule has 0 saturated heterocycles. The summed E-state index contributed by atoms with van der Waals surface area (Å²) in [6.45, 7) is 1.95. The van der Waals surface area contributed by atoms with Crippen LogP contribution in [0.5, 0.6) is 5.75 Å². The Kier molecular flexibility index (Phi) is 7.64. The summed E-state index contributed by atoms with van der Waals surface area (Å²) in [4.78, 5) is 18.3. The van der Waals surface area contributed by atoms with Gasteiger partial charge in [-0.3, -0.25) is 0 Å². The highest BCUT2D eigenvalue weighted by Gasteiger charge is 2.36. The van der Waals surface area contributed by atoms with E-state index in [9.17, 15) is 9.90 Å². The van der Waals surface area contributed by atoms with Crippen molar-refractivity contribution in [2.75, 3.05) is 20.7 Å². The monoisotopic (exact) mass is 577 g/mol. The van der Waals surface area contributed by atoms with Crippen LogP contribution in [-0.4, -0.2) is 46.2 Å². The zero-order chi connectivity index (χ0) is 29.5. The molecule has 2 fully saturated rings. The number of hydrogen-bond donors (Lipinski definition) is 2. The summed E-state index contributed by atoms with van der Waals surface area (Å²) in [5.41, 5.74) is 6.91. The Labute approximate surface area is 253 Å². The molecule has 2 aromatic heterocycles. The van der Waals surface area contributed by atoms with E-state index >= 15 is 0 Å². The molecule has 2 aromatic carbocycles. The largest absolute Gasteiger partial charge is 0.496 e. The number of nitrogens with one attached hydrogen (secondary N) is 1. The fourth-order valence-corrected chi connectivity index (χ4v) is 8.33. The van der Waals surface area contributed by atoms with Gasteiger partial charge in [0.25, 0.3) is 0 Å². The van der Waals surface area contributed by atoms with Gasteiger partial charge in [-0.05, 0) is 92.8 Å². The van der Waals surface area contributed by atoms with Crippen molar-refractivity contribution in [3.05, 3.63) is 87.7 Å². The number of methoxy groups -OCH3 is 1. The summed E-state index contributed by atoms with van der Waals surface area (Å²) >= 11 is 0. The maximum Gasteiger partial charge on any atom is 0.337 e. The molecule has 3 aliphatic rings. The lowest BCUT2D eigenvalue weighted by Gasteiger charge is -2.35. The molecule has 0 spiro atoms. The van der Waals surface area contributed by atoms with Crippen LogP contribution in [0.25, 0.3) is 22.7 Å². The van der Waals surface area contributed by atoms with Crippen molar-refractivity contribution in [2.45, 2.75) is 76.2 Å². The number of nitrogens with zero attached hydrogens (tertiary/aromatic N) is 2. The first-order valence-corrected chi connectivity index (χ1v) is 16.1. The van der Waals surface area contributed by atoms with Crippen molar-refractivity contribution in [1.29, 1.82) is 0 Å². The topological polar surface area (TPSA) is 70.5 Å². The van der Waals surface area contributed by atoms with Gasteiger partial charge in [-0.25, -0.2) is 4.79 Å². The highest BCUT2D eigenvalue weighted by molar-refractivity contribution is 5.94. The Balaban J connectivity index is 1.38. The van der Waals surface area contributed by atoms with Crippen molar-refractivity contribution in [3.8, 4) is 5.75 Å². The smallest absolute Gasteiger partial charge is 0.337 e. The summed E-state index contributed by atoms with van der Waals surface area (Å²) < 4.78 is 8.33. The number of hydrogen-bond acceptors (Lipinski definition) is 3.